The smallest absolute Gasteiger partial charge is 0.219 e. The number of allylic oxidation sites excluding steroid dienone is 2. The highest BCUT2D eigenvalue weighted by atomic mass is 35.5. The molecule has 1 unspecified atom stereocenters. The van der Waals surface area contributed by atoms with Crippen LogP contribution in [0.4, 0.5) is 10.1 Å². The molecule has 3 rings (SSSR count). The van der Waals surface area contributed by atoms with Gasteiger partial charge in [0.25, 0.3) is 0 Å². The van der Waals surface area contributed by atoms with Gasteiger partial charge < -0.3 is 10.2 Å². The van der Waals surface area contributed by atoms with Crippen LogP contribution >= 0.6 is 11.6 Å². The Morgan fingerprint density at radius 1 is 1.12 bits per heavy atom. The van der Waals surface area contributed by atoms with E-state index < -0.39 is 5.66 Å². The topological polar surface area (TPSA) is 32.3 Å². The van der Waals surface area contributed by atoms with Gasteiger partial charge in [-0.2, -0.15) is 0 Å². The Hall–Kier alpha value is -2.59. The van der Waals surface area contributed by atoms with E-state index in [1.54, 1.807) is 18.2 Å². The first kappa shape index (κ1) is 16.3. The van der Waals surface area contributed by atoms with Crippen molar-refractivity contribution in [2.75, 3.05) is 4.90 Å². The molecule has 2 aromatic carbocycles. The highest BCUT2D eigenvalue weighted by Gasteiger charge is 2.38. The second kappa shape index (κ2) is 6.49. The molecular formula is C19H16ClFN2O. The molecule has 0 saturated carbocycles. The van der Waals surface area contributed by atoms with Crippen molar-refractivity contribution in [1.29, 1.82) is 0 Å². The molecule has 0 aromatic heterocycles. The van der Waals surface area contributed by atoms with Gasteiger partial charge in [-0.15, -0.1) is 0 Å². The maximum Gasteiger partial charge on any atom is 0.219 e. The molecule has 1 aliphatic heterocycles. The number of nitrogens with zero attached hydrogens (tertiary/aromatic N) is 1. The summed E-state index contributed by atoms with van der Waals surface area (Å²) >= 11 is 6.36. The SMILES string of the molecule is CC(=O)NC1(c2ccc(F)cc2)C=CC=CN1c1ccccc1Cl. The van der Waals surface area contributed by atoms with Crippen LogP contribution in [0.1, 0.15) is 12.5 Å². The predicted octanol–water partition coefficient (Wildman–Crippen LogP) is 4.36. The van der Waals surface area contributed by atoms with E-state index in [1.807, 2.05) is 47.5 Å². The maximum absolute atomic E-state index is 13.4. The molecule has 1 amide bonds. The molecular weight excluding hydrogens is 327 g/mol. The number of benzene rings is 2. The van der Waals surface area contributed by atoms with E-state index in [-0.39, 0.29) is 11.7 Å². The van der Waals surface area contributed by atoms with Gasteiger partial charge in [-0.3, -0.25) is 4.79 Å². The van der Waals surface area contributed by atoms with Crippen molar-refractivity contribution >= 4 is 23.2 Å². The van der Waals surface area contributed by atoms with Gasteiger partial charge in [-0.25, -0.2) is 4.39 Å². The van der Waals surface area contributed by atoms with E-state index in [0.717, 1.165) is 11.3 Å². The molecule has 0 fully saturated rings. The summed E-state index contributed by atoms with van der Waals surface area (Å²) in [5.74, 6) is -0.548. The zero-order valence-electron chi connectivity index (χ0n) is 13.0. The molecule has 1 aliphatic rings. The number of amides is 1. The fourth-order valence-corrected chi connectivity index (χ4v) is 3.05. The Morgan fingerprint density at radius 3 is 2.50 bits per heavy atom. The number of hydrogen-bond donors (Lipinski definition) is 1. The number of para-hydroxylation sites is 1. The quantitative estimate of drug-likeness (QED) is 0.899. The van der Waals surface area contributed by atoms with E-state index >= 15 is 0 Å². The molecule has 0 bridgehead atoms. The van der Waals surface area contributed by atoms with Crippen LogP contribution < -0.4 is 10.2 Å². The van der Waals surface area contributed by atoms with Gasteiger partial charge in [0.2, 0.25) is 5.91 Å². The van der Waals surface area contributed by atoms with Crippen molar-refractivity contribution in [1.82, 2.24) is 5.32 Å². The highest BCUT2D eigenvalue weighted by molar-refractivity contribution is 6.33. The van der Waals surface area contributed by atoms with E-state index in [2.05, 4.69) is 5.32 Å². The maximum atomic E-state index is 13.4. The summed E-state index contributed by atoms with van der Waals surface area (Å²) in [6.07, 6.45) is 7.38. The number of anilines is 1. The van der Waals surface area contributed by atoms with Crippen LogP contribution in [0.15, 0.2) is 73.0 Å². The Bertz CT molecular complexity index is 816. The Kier molecular flexibility index (Phi) is 4.40. The molecule has 1 N–H and O–H groups in total. The molecule has 0 aliphatic carbocycles. The normalized spacial score (nSPS) is 19.4. The van der Waals surface area contributed by atoms with Crippen LogP contribution in [0.25, 0.3) is 0 Å². The van der Waals surface area contributed by atoms with Gasteiger partial charge in [0, 0.05) is 18.7 Å². The van der Waals surface area contributed by atoms with Gasteiger partial charge >= 0.3 is 0 Å². The van der Waals surface area contributed by atoms with Crippen molar-refractivity contribution in [3.05, 3.63) is 89.4 Å². The average Bonchev–Trinajstić information content (AvgIpc) is 2.56. The Morgan fingerprint density at radius 2 is 1.83 bits per heavy atom. The highest BCUT2D eigenvalue weighted by Crippen LogP contribution is 2.38. The molecule has 24 heavy (non-hydrogen) atoms. The summed E-state index contributed by atoms with van der Waals surface area (Å²) in [4.78, 5) is 13.8. The lowest BCUT2D eigenvalue weighted by atomic mass is 9.94. The fourth-order valence-electron chi connectivity index (χ4n) is 2.83. The lowest BCUT2D eigenvalue weighted by Gasteiger charge is -2.43. The molecule has 122 valence electrons. The minimum atomic E-state index is -0.987. The summed E-state index contributed by atoms with van der Waals surface area (Å²) in [5.41, 5.74) is 0.469. The van der Waals surface area contributed by atoms with Crippen molar-refractivity contribution in [2.24, 2.45) is 0 Å². The third-order valence-corrected chi connectivity index (χ3v) is 4.15. The van der Waals surface area contributed by atoms with Gasteiger partial charge in [-0.1, -0.05) is 41.9 Å². The fraction of sp³-hybridized carbons (Fsp3) is 0.105. The standard InChI is InChI=1S/C19H16ClFN2O/c1-14(24)22-19(15-8-10-16(21)11-9-15)12-4-5-13-23(19)18-7-3-2-6-17(18)20/h2-13H,1H3,(H,22,24). The van der Waals surface area contributed by atoms with Gasteiger partial charge in [0.05, 0.1) is 10.7 Å². The van der Waals surface area contributed by atoms with E-state index in [1.165, 1.54) is 19.1 Å². The molecule has 0 saturated heterocycles. The monoisotopic (exact) mass is 342 g/mol. The predicted molar refractivity (Wildman–Crippen MR) is 94.1 cm³/mol. The summed E-state index contributed by atoms with van der Waals surface area (Å²) in [7, 11) is 0. The molecule has 0 radical (unpaired) electrons. The number of carbonyl (C=O) groups excluding carboxylic acids is 1. The lowest BCUT2D eigenvalue weighted by Crippen LogP contribution is -2.55. The van der Waals surface area contributed by atoms with Crippen LogP contribution in [-0.4, -0.2) is 5.91 Å². The number of halogens is 2. The second-order valence-corrected chi connectivity index (χ2v) is 5.88. The van der Waals surface area contributed by atoms with E-state index in [9.17, 15) is 9.18 Å². The number of hydrogen-bond acceptors (Lipinski definition) is 2. The number of carbonyl (C=O) groups is 1. The number of rotatable bonds is 3. The Labute approximate surface area is 145 Å². The van der Waals surface area contributed by atoms with Crippen molar-refractivity contribution in [3.8, 4) is 0 Å². The van der Waals surface area contributed by atoms with Crippen LogP contribution in [0.2, 0.25) is 5.02 Å². The Balaban J connectivity index is 2.19. The third kappa shape index (κ3) is 2.93. The van der Waals surface area contributed by atoms with E-state index in [0.29, 0.717) is 5.02 Å². The largest absolute Gasteiger partial charge is 0.326 e. The average molecular weight is 343 g/mol. The third-order valence-electron chi connectivity index (χ3n) is 3.83. The van der Waals surface area contributed by atoms with Crippen LogP contribution in [0.5, 0.6) is 0 Å². The number of nitrogens with one attached hydrogen (secondary N) is 1. The van der Waals surface area contributed by atoms with Crippen LogP contribution in [0, 0.1) is 5.82 Å². The molecule has 1 heterocycles. The summed E-state index contributed by atoms with van der Waals surface area (Å²) < 4.78 is 13.4. The van der Waals surface area contributed by atoms with Crippen LogP contribution in [-0.2, 0) is 10.5 Å². The van der Waals surface area contributed by atoms with Crippen molar-refractivity contribution in [3.63, 3.8) is 0 Å². The van der Waals surface area contributed by atoms with Crippen molar-refractivity contribution in [2.45, 2.75) is 12.6 Å². The molecule has 3 nitrogen and oxygen atoms in total. The molecule has 2 aromatic rings. The van der Waals surface area contributed by atoms with Gasteiger partial charge in [-0.05, 0) is 36.4 Å². The van der Waals surface area contributed by atoms with Crippen molar-refractivity contribution < 1.29 is 9.18 Å². The summed E-state index contributed by atoms with van der Waals surface area (Å²) in [6.45, 7) is 1.45. The lowest BCUT2D eigenvalue weighted by molar-refractivity contribution is -0.120. The zero-order valence-corrected chi connectivity index (χ0v) is 13.8. The molecule has 0 spiro atoms. The van der Waals surface area contributed by atoms with Crippen LogP contribution in [0.3, 0.4) is 0 Å². The van der Waals surface area contributed by atoms with E-state index in [4.69, 9.17) is 11.6 Å². The zero-order chi connectivity index (χ0) is 17.2. The first-order valence-corrected chi connectivity index (χ1v) is 7.85. The first-order chi connectivity index (χ1) is 11.5. The van der Waals surface area contributed by atoms with Gasteiger partial charge in [0.15, 0.2) is 5.66 Å². The molecule has 1 atom stereocenters. The minimum Gasteiger partial charge on any atom is -0.326 e. The summed E-state index contributed by atoms with van der Waals surface area (Å²) in [5, 5.41) is 3.52. The first-order valence-electron chi connectivity index (χ1n) is 7.47. The summed E-state index contributed by atoms with van der Waals surface area (Å²) in [6, 6.07) is 13.4. The minimum absolute atomic E-state index is 0.212. The molecule has 5 heteroatoms. The van der Waals surface area contributed by atoms with Gasteiger partial charge in [0.1, 0.15) is 5.82 Å². The second-order valence-electron chi connectivity index (χ2n) is 5.48.